The molecular weight excluding hydrogens is 1060 g/mol. The van der Waals surface area contributed by atoms with Crippen LogP contribution in [0.1, 0.15) is 206 Å². The minimum atomic E-state index is -0.723. The number of nitrogens with zero attached hydrogens (tertiary/aromatic N) is 1. The molecule has 83 heavy (non-hydrogen) atoms. The number of carbonyl (C=O) groups is 4. The topological polar surface area (TPSA) is 159 Å². The summed E-state index contributed by atoms with van der Waals surface area (Å²) in [5, 5.41) is 11.7. The Bertz CT molecular complexity index is 2630. The monoisotopic (exact) mass is 1160 g/mol. The first-order chi connectivity index (χ1) is 39.4. The molecule has 2 saturated heterocycles. The first-order valence-electron chi connectivity index (χ1n) is 30.1. The van der Waals surface area contributed by atoms with Gasteiger partial charge >= 0.3 is 30.4 Å². The minimum absolute atomic E-state index is 0. The Morgan fingerprint density at radius 3 is 1.43 bits per heavy atom. The average Bonchev–Trinajstić information content (AvgIpc) is 4.55. The van der Waals surface area contributed by atoms with E-state index in [0.717, 1.165) is 124 Å². The van der Waals surface area contributed by atoms with Crippen LogP contribution in [0.2, 0.25) is 0 Å². The van der Waals surface area contributed by atoms with E-state index in [1.165, 1.54) is 76.0 Å². The van der Waals surface area contributed by atoms with Gasteiger partial charge in [-0.15, -0.1) is 0 Å². The molecule has 2 N–H and O–H groups in total. The molecule has 7 aliphatic rings. The quantitative estimate of drug-likeness (QED) is 0.0802. The number of amides is 3. The molecule has 2 saturated carbocycles. The van der Waals surface area contributed by atoms with Crippen LogP contribution in [0.4, 0.5) is 9.59 Å². The number of likely N-dealkylation sites (tertiary alicyclic amines) is 1. The molecular formula is C68H96ClLiN2O11. The molecule has 2 heterocycles. The molecule has 4 fully saturated rings. The fraction of sp³-hybridized carbons (Fsp3) is 0.574. The Morgan fingerprint density at radius 1 is 0.639 bits per heavy atom. The normalized spacial score (nSPS) is 19.4. The number of nitrogens with one attached hydrogen (secondary N) is 1. The van der Waals surface area contributed by atoms with E-state index in [2.05, 4.69) is 78.9 Å². The average molecular weight is 1160 g/mol. The van der Waals surface area contributed by atoms with Crippen LogP contribution in [0.25, 0.3) is 0 Å². The Kier molecular flexibility index (Phi) is 31.6. The van der Waals surface area contributed by atoms with Crippen LogP contribution >= 0.6 is 11.6 Å². The molecule has 13 nitrogen and oxygen atoms in total. The van der Waals surface area contributed by atoms with E-state index in [1.807, 2.05) is 36.4 Å². The molecule has 2 aromatic rings. The fourth-order valence-corrected chi connectivity index (χ4v) is 11.0. The molecule has 452 valence electrons. The van der Waals surface area contributed by atoms with E-state index in [0.29, 0.717) is 38.0 Å². The first kappa shape index (κ1) is 70.3. The SMILES string of the molecule is CC(C)=C1CC=C(CO)CC1.CC(C)=C1CC=C(COC(=O)Cl)CC1.COc1ccc(C2CC(=O)N(C(=O)OCC3=CCC(=C(C)C)CC3)C2)cc1OC1CCCC1.COc1ccc(C2CNC(=O)C2)cc1OC1CCCC1.[CH2-]CCC.[Li+]. The molecule has 9 rings (SSSR count). The Labute approximate surface area is 514 Å². The van der Waals surface area contributed by atoms with Crippen molar-refractivity contribution < 1.29 is 71.6 Å². The zero-order valence-electron chi connectivity index (χ0n) is 52.0. The van der Waals surface area contributed by atoms with Crippen LogP contribution < -0.4 is 43.1 Å². The van der Waals surface area contributed by atoms with Gasteiger partial charge in [0.25, 0.3) is 0 Å². The summed E-state index contributed by atoms with van der Waals surface area (Å²) in [6.07, 6.45) is 27.9. The number of halogens is 1. The maximum atomic E-state index is 12.6. The van der Waals surface area contributed by atoms with E-state index in [4.69, 9.17) is 45.1 Å². The summed E-state index contributed by atoms with van der Waals surface area (Å²) < 4.78 is 33.4. The molecule has 0 bridgehead atoms. The van der Waals surface area contributed by atoms with Crippen molar-refractivity contribution >= 4 is 34.9 Å². The Morgan fingerprint density at radius 2 is 1.07 bits per heavy atom. The number of unbranched alkanes of at least 4 members (excludes halogenated alkanes) is 1. The summed E-state index contributed by atoms with van der Waals surface area (Å²) >= 11 is 5.08. The van der Waals surface area contributed by atoms with Crippen LogP contribution in [0, 0.1) is 6.92 Å². The number of allylic oxidation sites excluding steroid dienone is 9. The number of rotatable bonds is 14. The minimum Gasteiger partial charge on any atom is -0.493 e. The van der Waals surface area contributed by atoms with Crippen molar-refractivity contribution in [3.05, 3.63) is 123 Å². The van der Waals surface area contributed by atoms with Crippen molar-refractivity contribution in [3.63, 3.8) is 0 Å². The molecule has 0 radical (unpaired) electrons. The largest absolute Gasteiger partial charge is 1.00 e. The summed E-state index contributed by atoms with van der Waals surface area (Å²) in [7, 11) is 3.30. The molecule has 2 atom stereocenters. The maximum Gasteiger partial charge on any atom is 1.00 e. The van der Waals surface area contributed by atoms with Crippen LogP contribution in [-0.4, -0.2) is 92.7 Å². The van der Waals surface area contributed by atoms with Crippen LogP contribution in [0.15, 0.2) is 105 Å². The first-order valence-corrected chi connectivity index (χ1v) is 30.5. The molecule has 15 heteroatoms. The van der Waals surface area contributed by atoms with E-state index in [-0.39, 0.29) is 68.2 Å². The third-order valence-corrected chi connectivity index (χ3v) is 16.5. The maximum absolute atomic E-state index is 12.6. The number of carbonyl (C=O) groups excluding carboxylic acids is 4. The van der Waals surface area contributed by atoms with Gasteiger partial charge in [0.2, 0.25) is 11.8 Å². The van der Waals surface area contributed by atoms with Crippen LogP contribution in [-0.2, 0) is 19.1 Å². The van der Waals surface area contributed by atoms with Crippen molar-refractivity contribution in [2.45, 2.75) is 207 Å². The standard InChI is InChI=1S/C27H35NO5.C16H21NO3.C11H15ClO2.C10H16O.C4H9.Li/c1-18(2)20-10-8-19(9-11-20)17-32-27(30)28-16-22(15-26(28)29)21-12-13-24(31-3)25(14-21)33-23-6-4-5-7-23;1-19-14-7-6-11(12-9-16(18)17-10-12)8-15(14)20-13-4-2-3-5-13;1-8(2)10-5-3-9(4-6-10)7-14-11(12)13;1-8(2)10-5-3-9(7-11)4-6-10;1-3-4-2;/h8,12-14,22-23H,4-7,9-11,15-17H2,1-3H3;6-8,12-13H,2-5,9-10H2,1H3,(H,17,18);3H,4-7H2,1-2H3;3,11H,4-7H2,1-2H3;1,3-4H2,2H3;/q;;;;-1;+1. The van der Waals surface area contributed by atoms with Gasteiger partial charge in [0.1, 0.15) is 13.2 Å². The van der Waals surface area contributed by atoms with Crippen LogP contribution in [0.5, 0.6) is 23.0 Å². The number of hydrogen-bond donors (Lipinski definition) is 2. The molecule has 5 aliphatic carbocycles. The predicted molar refractivity (Wildman–Crippen MR) is 328 cm³/mol. The second-order valence-corrected chi connectivity index (χ2v) is 23.4. The fourth-order valence-electron chi connectivity index (χ4n) is 10.9. The number of methoxy groups -OCH3 is 2. The Balaban J connectivity index is 0.000000252. The number of imide groups is 1. The van der Waals surface area contributed by atoms with Gasteiger partial charge in [0, 0.05) is 49.4 Å². The summed E-state index contributed by atoms with van der Waals surface area (Å²) in [5.41, 5.74) is 13.6. The van der Waals surface area contributed by atoms with Gasteiger partial charge in [0.05, 0.1) is 33.0 Å². The number of ether oxygens (including phenoxy) is 6. The smallest absolute Gasteiger partial charge is 0.493 e. The molecule has 2 aliphatic heterocycles. The molecule has 0 spiro atoms. The zero-order valence-corrected chi connectivity index (χ0v) is 52.7. The number of hydrogen-bond acceptors (Lipinski definition) is 11. The van der Waals surface area contributed by atoms with Crippen molar-refractivity contribution in [1.29, 1.82) is 0 Å². The molecule has 3 amide bonds. The number of aliphatic hydroxyl groups is 1. The van der Waals surface area contributed by atoms with Crippen molar-refractivity contribution in [2.75, 3.05) is 47.1 Å². The third-order valence-electron chi connectivity index (χ3n) is 16.4. The van der Waals surface area contributed by atoms with E-state index in [9.17, 15) is 19.2 Å². The van der Waals surface area contributed by atoms with Gasteiger partial charge in [-0.1, -0.05) is 77.1 Å². The van der Waals surface area contributed by atoms with E-state index < -0.39 is 11.5 Å². The van der Waals surface area contributed by atoms with Gasteiger partial charge in [-0.3, -0.25) is 9.59 Å². The summed E-state index contributed by atoms with van der Waals surface area (Å²) in [6.45, 7) is 20.5. The third kappa shape index (κ3) is 23.7. The molecule has 2 unspecified atom stereocenters. The van der Waals surface area contributed by atoms with Crippen molar-refractivity contribution in [2.24, 2.45) is 0 Å². The summed E-state index contributed by atoms with van der Waals surface area (Å²) in [4.78, 5) is 48.2. The van der Waals surface area contributed by atoms with Crippen LogP contribution in [0.3, 0.4) is 0 Å². The van der Waals surface area contributed by atoms with E-state index in [1.54, 1.807) is 19.8 Å². The predicted octanol–water partition coefficient (Wildman–Crippen LogP) is 13.4. The van der Waals surface area contributed by atoms with Gasteiger partial charge in [-0.2, -0.15) is 6.42 Å². The molecule has 0 aromatic heterocycles. The Hall–Kier alpha value is -5.19. The second-order valence-electron chi connectivity index (χ2n) is 23.1. The van der Waals surface area contributed by atoms with Gasteiger partial charge in [-0.25, -0.2) is 14.5 Å². The van der Waals surface area contributed by atoms with Gasteiger partial charge in [0.15, 0.2) is 23.0 Å². The van der Waals surface area contributed by atoms with Crippen molar-refractivity contribution in [1.82, 2.24) is 10.2 Å². The van der Waals surface area contributed by atoms with Gasteiger partial charge in [-0.05, 0) is 203 Å². The number of benzene rings is 2. The van der Waals surface area contributed by atoms with E-state index >= 15 is 0 Å². The van der Waals surface area contributed by atoms with Gasteiger partial charge < -0.3 is 45.8 Å². The zero-order chi connectivity index (χ0) is 59.6. The second kappa shape index (κ2) is 37.3. The summed E-state index contributed by atoms with van der Waals surface area (Å²) in [5.74, 6) is 3.12. The van der Waals surface area contributed by atoms with Crippen molar-refractivity contribution in [3.8, 4) is 23.0 Å². The molecule has 2 aromatic carbocycles. The number of aliphatic hydroxyl groups excluding tert-OH is 1. The summed E-state index contributed by atoms with van der Waals surface area (Å²) in [6, 6.07) is 11.8.